The molecule has 6 saturated carbocycles. The van der Waals surface area contributed by atoms with E-state index in [9.17, 15) is 9.59 Å². The lowest BCUT2D eigenvalue weighted by atomic mass is 9.52. The topological polar surface area (TPSA) is 37.4 Å². The number of carbonyl (C=O) groups is 2. The summed E-state index contributed by atoms with van der Waals surface area (Å²) in [7, 11) is 0. The molecule has 3 nitrogen and oxygen atoms in total. The molecular weight excluding hydrogens is 298 g/mol. The summed E-state index contributed by atoms with van der Waals surface area (Å²) >= 11 is 0. The molecule has 0 aromatic heterocycles. The first-order valence-electron chi connectivity index (χ1n) is 10.2. The number of fused-ring (bicyclic) bond motifs is 3. The van der Waals surface area contributed by atoms with Crippen molar-refractivity contribution < 1.29 is 9.59 Å². The van der Waals surface area contributed by atoms with Gasteiger partial charge in [-0.3, -0.25) is 14.5 Å². The Balaban J connectivity index is 1.31. The Bertz CT molecular complexity index is 648. The molecule has 1 spiro atoms. The van der Waals surface area contributed by atoms with Crippen LogP contribution in [0.3, 0.4) is 0 Å². The molecule has 0 aromatic rings. The molecule has 1 saturated heterocycles. The third-order valence-corrected chi connectivity index (χ3v) is 9.33. The van der Waals surface area contributed by atoms with Crippen molar-refractivity contribution in [2.75, 3.05) is 0 Å². The van der Waals surface area contributed by atoms with E-state index in [1.807, 2.05) is 4.90 Å². The van der Waals surface area contributed by atoms with Crippen LogP contribution >= 0.6 is 0 Å². The van der Waals surface area contributed by atoms with E-state index in [2.05, 4.69) is 12.2 Å². The Morgan fingerprint density at radius 3 is 1.67 bits per heavy atom. The molecule has 7 fully saturated rings. The van der Waals surface area contributed by atoms with Crippen LogP contribution in [-0.2, 0) is 9.59 Å². The normalized spacial score (nSPS) is 57.5. The van der Waals surface area contributed by atoms with Crippen LogP contribution in [0.4, 0.5) is 0 Å². The number of nitrogens with zero attached hydrogens (tertiary/aromatic N) is 1. The molecule has 4 atom stereocenters. The maximum atomic E-state index is 13.5. The second-order valence-corrected chi connectivity index (χ2v) is 10.4. The van der Waals surface area contributed by atoms with Gasteiger partial charge < -0.3 is 0 Å². The predicted octanol–water partition coefficient (Wildman–Crippen LogP) is 3.15. The predicted molar refractivity (Wildman–Crippen MR) is 87.5 cm³/mol. The molecular formula is C21H25NO2. The van der Waals surface area contributed by atoms with Crippen molar-refractivity contribution in [1.82, 2.24) is 4.90 Å². The molecule has 1 aliphatic heterocycles. The molecule has 2 amide bonds. The third kappa shape index (κ3) is 1.23. The van der Waals surface area contributed by atoms with Gasteiger partial charge in [-0.1, -0.05) is 12.2 Å². The van der Waals surface area contributed by atoms with Gasteiger partial charge in [0.15, 0.2) is 0 Å². The summed E-state index contributed by atoms with van der Waals surface area (Å²) in [6.07, 6.45) is 14.5. The third-order valence-electron chi connectivity index (χ3n) is 9.33. The fourth-order valence-corrected chi connectivity index (χ4v) is 8.88. The standard InChI is InChI=1S/C21H25NO2/c23-18-16-14-1-2-15(21(14)3-4-21)17(16)19(24)22(18)20-8-11-5-12(9-20)7-13(6-11)10-20/h1-2,11-17H,3-10H2/t11?,12?,13?,14-,15-,16+,17+,20?/m1/s1. The maximum Gasteiger partial charge on any atom is 0.234 e. The van der Waals surface area contributed by atoms with Gasteiger partial charge in [0.1, 0.15) is 0 Å². The number of imide groups is 1. The number of amides is 2. The van der Waals surface area contributed by atoms with E-state index in [1.165, 1.54) is 32.1 Å². The minimum atomic E-state index is -0.0799. The average Bonchev–Trinajstić information content (AvgIpc) is 3.10. The summed E-state index contributed by atoms with van der Waals surface area (Å²) in [4.78, 5) is 28.9. The molecule has 6 bridgehead atoms. The van der Waals surface area contributed by atoms with Gasteiger partial charge in [-0.15, -0.1) is 0 Å². The van der Waals surface area contributed by atoms with Crippen LogP contribution in [-0.4, -0.2) is 22.3 Å². The number of hydrogen-bond donors (Lipinski definition) is 0. The van der Waals surface area contributed by atoms with Crippen LogP contribution in [0.2, 0.25) is 0 Å². The van der Waals surface area contributed by atoms with Crippen molar-refractivity contribution in [3.63, 3.8) is 0 Å². The van der Waals surface area contributed by atoms with Gasteiger partial charge in [0.2, 0.25) is 11.8 Å². The molecule has 8 rings (SSSR count). The number of carbonyl (C=O) groups excluding carboxylic acids is 2. The highest BCUT2D eigenvalue weighted by atomic mass is 16.2. The van der Waals surface area contributed by atoms with Crippen molar-refractivity contribution in [1.29, 1.82) is 0 Å². The highest BCUT2D eigenvalue weighted by Crippen LogP contribution is 2.74. The summed E-state index contributed by atoms with van der Waals surface area (Å²) in [6.45, 7) is 0. The van der Waals surface area contributed by atoms with E-state index < -0.39 is 0 Å². The quantitative estimate of drug-likeness (QED) is 0.549. The maximum absolute atomic E-state index is 13.5. The minimum absolute atomic E-state index is 0.00278. The summed E-state index contributed by atoms with van der Waals surface area (Å²) in [5.74, 6) is 3.56. The van der Waals surface area contributed by atoms with E-state index in [-0.39, 0.29) is 29.2 Å². The Labute approximate surface area is 142 Å². The lowest BCUT2D eigenvalue weighted by molar-refractivity contribution is -0.160. The molecule has 0 aromatic carbocycles. The molecule has 3 heteroatoms. The van der Waals surface area contributed by atoms with Gasteiger partial charge >= 0.3 is 0 Å². The number of likely N-dealkylation sites (tertiary alicyclic amines) is 1. The van der Waals surface area contributed by atoms with E-state index in [4.69, 9.17) is 0 Å². The number of allylic oxidation sites excluding steroid dienone is 2. The van der Waals surface area contributed by atoms with Gasteiger partial charge in [0.25, 0.3) is 0 Å². The zero-order chi connectivity index (χ0) is 15.8. The molecule has 0 unspecified atom stereocenters. The van der Waals surface area contributed by atoms with Crippen LogP contribution in [0.15, 0.2) is 12.2 Å². The summed E-state index contributed by atoms with van der Waals surface area (Å²) in [6, 6.07) is 0. The molecule has 24 heavy (non-hydrogen) atoms. The van der Waals surface area contributed by atoms with Crippen molar-refractivity contribution in [3.8, 4) is 0 Å². The molecule has 7 aliphatic carbocycles. The largest absolute Gasteiger partial charge is 0.276 e. The zero-order valence-corrected chi connectivity index (χ0v) is 14.1. The second kappa shape index (κ2) is 3.68. The zero-order valence-electron chi connectivity index (χ0n) is 14.1. The summed E-state index contributed by atoms with van der Waals surface area (Å²) < 4.78 is 0. The van der Waals surface area contributed by atoms with E-state index >= 15 is 0 Å². The summed E-state index contributed by atoms with van der Waals surface area (Å²) in [5.41, 5.74) is 0.248. The smallest absolute Gasteiger partial charge is 0.234 e. The molecule has 0 N–H and O–H groups in total. The van der Waals surface area contributed by atoms with Crippen LogP contribution in [0.1, 0.15) is 51.4 Å². The van der Waals surface area contributed by atoms with Crippen LogP contribution < -0.4 is 0 Å². The lowest BCUT2D eigenvalue weighted by Gasteiger charge is -2.59. The molecule has 0 radical (unpaired) electrons. The van der Waals surface area contributed by atoms with Gasteiger partial charge in [0.05, 0.1) is 17.4 Å². The Morgan fingerprint density at radius 2 is 1.25 bits per heavy atom. The Morgan fingerprint density at radius 1 is 0.792 bits per heavy atom. The van der Waals surface area contributed by atoms with Gasteiger partial charge in [-0.05, 0) is 86.4 Å². The molecule has 126 valence electrons. The fraction of sp³-hybridized carbons (Fsp3) is 0.810. The number of rotatable bonds is 1. The van der Waals surface area contributed by atoms with Crippen LogP contribution in [0, 0.1) is 46.8 Å². The van der Waals surface area contributed by atoms with Gasteiger partial charge in [-0.2, -0.15) is 0 Å². The molecule has 1 heterocycles. The average molecular weight is 323 g/mol. The van der Waals surface area contributed by atoms with Crippen molar-refractivity contribution >= 4 is 11.8 Å². The first-order valence-corrected chi connectivity index (χ1v) is 10.2. The lowest BCUT2D eigenvalue weighted by Crippen LogP contribution is -2.62. The van der Waals surface area contributed by atoms with Crippen molar-refractivity contribution in [2.24, 2.45) is 46.8 Å². The second-order valence-electron chi connectivity index (χ2n) is 10.4. The molecule has 8 aliphatic rings. The minimum Gasteiger partial charge on any atom is -0.276 e. The van der Waals surface area contributed by atoms with E-state index in [0.717, 1.165) is 37.0 Å². The SMILES string of the molecule is O=C1[C@@H]2[C@@H](C(=O)N1C13CC4CC(CC(C4)C1)C3)[C@H]1C=C[C@H]2C12CC2. The van der Waals surface area contributed by atoms with Crippen molar-refractivity contribution in [2.45, 2.75) is 56.9 Å². The monoisotopic (exact) mass is 323 g/mol. The Kier molecular flexibility index (Phi) is 2.02. The van der Waals surface area contributed by atoms with Gasteiger partial charge in [0, 0.05) is 0 Å². The highest BCUT2D eigenvalue weighted by Gasteiger charge is 2.75. The van der Waals surface area contributed by atoms with E-state index in [1.54, 1.807) is 0 Å². The fourth-order valence-electron chi connectivity index (χ4n) is 8.88. The first kappa shape index (κ1) is 13.1. The first-order chi connectivity index (χ1) is 11.6. The number of hydrogen-bond acceptors (Lipinski definition) is 2. The van der Waals surface area contributed by atoms with E-state index in [0.29, 0.717) is 17.3 Å². The summed E-state index contributed by atoms with van der Waals surface area (Å²) in [5, 5.41) is 0. The van der Waals surface area contributed by atoms with Gasteiger partial charge in [-0.25, -0.2) is 0 Å². The van der Waals surface area contributed by atoms with Crippen LogP contribution in [0.25, 0.3) is 0 Å². The Hall–Kier alpha value is -1.12. The van der Waals surface area contributed by atoms with Crippen molar-refractivity contribution in [3.05, 3.63) is 12.2 Å². The van der Waals surface area contributed by atoms with Crippen LogP contribution in [0.5, 0.6) is 0 Å². The highest BCUT2D eigenvalue weighted by molar-refractivity contribution is 6.07.